The SMILES string of the molecule is CCCCN1C(=O)CN(C2CCCCCC2)C(=O)C1c1ccc(OCC)c(OC)c1. The highest BCUT2D eigenvalue weighted by Gasteiger charge is 2.42. The van der Waals surface area contributed by atoms with Gasteiger partial charge in [-0.1, -0.05) is 45.1 Å². The van der Waals surface area contributed by atoms with E-state index in [0.29, 0.717) is 24.7 Å². The zero-order valence-corrected chi connectivity index (χ0v) is 18.7. The Balaban J connectivity index is 1.95. The maximum absolute atomic E-state index is 13.7. The quantitative estimate of drug-likeness (QED) is 0.592. The van der Waals surface area contributed by atoms with Gasteiger partial charge in [-0.15, -0.1) is 0 Å². The van der Waals surface area contributed by atoms with E-state index in [4.69, 9.17) is 9.47 Å². The van der Waals surface area contributed by atoms with Crippen LogP contribution in [0.15, 0.2) is 18.2 Å². The van der Waals surface area contributed by atoms with Gasteiger partial charge in [0.15, 0.2) is 11.5 Å². The number of nitrogens with zero attached hydrogens (tertiary/aromatic N) is 2. The molecular formula is C24H36N2O4. The van der Waals surface area contributed by atoms with Crippen molar-refractivity contribution in [2.24, 2.45) is 0 Å². The van der Waals surface area contributed by atoms with E-state index in [0.717, 1.165) is 44.1 Å². The number of amides is 2. The minimum absolute atomic E-state index is 0.0452. The van der Waals surface area contributed by atoms with E-state index in [-0.39, 0.29) is 24.4 Å². The lowest BCUT2D eigenvalue weighted by atomic mass is 9.97. The summed E-state index contributed by atoms with van der Waals surface area (Å²) in [5, 5.41) is 0. The largest absolute Gasteiger partial charge is 0.493 e. The van der Waals surface area contributed by atoms with Gasteiger partial charge in [0.1, 0.15) is 12.6 Å². The lowest BCUT2D eigenvalue weighted by Crippen LogP contribution is -2.58. The Labute approximate surface area is 180 Å². The third-order valence-electron chi connectivity index (χ3n) is 6.28. The van der Waals surface area contributed by atoms with Crippen molar-refractivity contribution >= 4 is 11.8 Å². The number of unbranched alkanes of at least 4 members (excludes halogenated alkanes) is 1. The average Bonchev–Trinajstić information content (AvgIpc) is 3.04. The number of piperazine rings is 1. The fourth-order valence-corrected chi connectivity index (χ4v) is 4.66. The van der Waals surface area contributed by atoms with E-state index in [1.807, 2.05) is 30.0 Å². The second-order valence-electron chi connectivity index (χ2n) is 8.30. The summed E-state index contributed by atoms with van der Waals surface area (Å²) in [4.78, 5) is 30.5. The summed E-state index contributed by atoms with van der Waals surface area (Å²) < 4.78 is 11.2. The van der Waals surface area contributed by atoms with E-state index >= 15 is 0 Å². The summed E-state index contributed by atoms with van der Waals surface area (Å²) in [5.74, 6) is 1.34. The van der Waals surface area contributed by atoms with Crippen molar-refractivity contribution in [3.8, 4) is 11.5 Å². The summed E-state index contributed by atoms with van der Waals surface area (Å²) in [5.41, 5.74) is 0.795. The second-order valence-corrected chi connectivity index (χ2v) is 8.30. The normalized spacial score (nSPS) is 21.0. The summed E-state index contributed by atoms with van der Waals surface area (Å²) in [6.45, 7) is 5.36. The van der Waals surface area contributed by atoms with Gasteiger partial charge in [0.25, 0.3) is 5.91 Å². The molecule has 30 heavy (non-hydrogen) atoms. The number of methoxy groups -OCH3 is 1. The van der Waals surface area contributed by atoms with Crippen LogP contribution in [0.25, 0.3) is 0 Å². The lowest BCUT2D eigenvalue weighted by molar-refractivity contribution is -0.159. The smallest absolute Gasteiger partial charge is 0.250 e. The van der Waals surface area contributed by atoms with Crippen LogP contribution in [-0.4, -0.2) is 54.5 Å². The minimum atomic E-state index is -0.592. The van der Waals surface area contributed by atoms with Gasteiger partial charge >= 0.3 is 0 Å². The molecule has 2 aliphatic rings. The van der Waals surface area contributed by atoms with Crippen LogP contribution in [0.5, 0.6) is 11.5 Å². The molecule has 0 spiro atoms. The first-order valence-electron chi connectivity index (χ1n) is 11.5. The first-order chi connectivity index (χ1) is 14.6. The molecule has 1 saturated carbocycles. The maximum Gasteiger partial charge on any atom is 0.250 e. The van der Waals surface area contributed by atoms with Crippen molar-refractivity contribution in [3.63, 3.8) is 0 Å². The van der Waals surface area contributed by atoms with Crippen LogP contribution in [0.3, 0.4) is 0 Å². The van der Waals surface area contributed by atoms with Gasteiger partial charge in [0.05, 0.1) is 13.7 Å². The molecule has 1 unspecified atom stereocenters. The van der Waals surface area contributed by atoms with Crippen LogP contribution in [0.4, 0.5) is 0 Å². The molecule has 1 aliphatic heterocycles. The molecule has 1 aromatic rings. The van der Waals surface area contributed by atoms with Crippen molar-refractivity contribution in [3.05, 3.63) is 23.8 Å². The van der Waals surface area contributed by atoms with E-state index in [1.165, 1.54) is 12.8 Å². The molecule has 0 bridgehead atoms. The van der Waals surface area contributed by atoms with Gasteiger partial charge in [-0.05, 0) is 43.9 Å². The summed E-state index contributed by atoms with van der Waals surface area (Å²) in [6, 6.07) is 5.18. The van der Waals surface area contributed by atoms with Crippen LogP contribution in [0.2, 0.25) is 0 Å². The molecule has 1 aliphatic carbocycles. The Bertz CT molecular complexity index is 728. The number of carbonyl (C=O) groups is 2. The third-order valence-corrected chi connectivity index (χ3v) is 6.28. The van der Waals surface area contributed by atoms with Crippen molar-refractivity contribution in [2.75, 3.05) is 26.8 Å². The molecule has 6 nitrogen and oxygen atoms in total. The molecule has 2 fully saturated rings. The Morgan fingerprint density at radius 2 is 1.77 bits per heavy atom. The number of hydrogen-bond donors (Lipinski definition) is 0. The lowest BCUT2D eigenvalue weighted by Gasteiger charge is -2.43. The van der Waals surface area contributed by atoms with Gasteiger partial charge in [-0.2, -0.15) is 0 Å². The standard InChI is InChI=1S/C24H36N2O4/c1-4-6-15-25-22(27)17-26(19-11-9-7-8-10-12-19)24(28)23(25)18-13-14-20(30-5-2)21(16-18)29-3/h13-14,16,19,23H,4-12,15,17H2,1-3H3. The van der Waals surface area contributed by atoms with Crippen LogP contribution in [0.1, 0.15) is 76.8 Å². The topological polar surface area (TPSA) is 59.1 Å². The van der Waals surface area contributed by atoms with E-state index in [1.54, 1.807) is 12.0 Å². The highest BCUT2D eigenvalue weighted by atomic mass is 16.5. The number of rotatable bonds is 8. The van der Waals surface area contributed by atoms with Gasteiger partial charge in [0, 0.05) is 12.6 Å². The van der Waals surface area contributed by atoms with Gasteiger partial charge in [-0.25, -0.2) is 0 Å². The minimum Gasteiger partial charge on any atom is -0.493 e. The number of hydrogen-bond acceptors (Lipinski definition) is 4. The molecule has 0 N–H and O–H groups in total. The first-order valence-corrected chi connectivity index (χ1v) is 11.5. The monoisotopic (exact) mass is 416 g/mol. The fraction of sp³-hybridized carbons (Fsp3) is 0.667. The zero-order chi connectivity index (χ0) is 21.5. The summed E-state index contributed by atoms with van der Waals surface area (Å²) in [7, 11) is 1.60. The number of benzene rings is 1. The first kappa shape index (κ1) is 22.4. The molecular weight excluding hydrogens is 380 g/mol. The molecule has 6 heteroatoms. The van der Waals surface area contributed by atoms with Crippen molar-refractivity contribution in [2.45, 2.75) is 77.3 Å². The Morgan fingerprint density at radius 3 is 2.40 bits per heavy atom. The molecule has 1 aromatic carbocycles. The predicted molar refractivity (Wildman–Crippen MR) is 117 cm³/mol. The van der Waals surface area contributed by atoms with E-state index in [2.05, 4.69) is 6.92 Å². The van der Waals surface area contributed by atoms with Gasteiger partial charge in [0.2, 0.25) is 5.91 Å². The second kappa shape index (κ2) is 10.7. The van der Waals surface area contributed by atoms with E-state index in [9.17, 15) is 9.59 Å². The van der Waals surface area contributed by atoms with Crippen molar-refractivity contribution in [1.29, 1.82) is 0 Å². The molecule has 3 rings (SSSR count). The molecule has 1 heterocycles. The van der Waals surface area contributed by atoms with Gasteiger partial charge in [-0.3, -0.25) is 9.59 Å². The number of carbonyl (C=O) groups excluding carboxylic acids is 2. The highest BCUT2D eigenvalue weighted by molar-refractivity contribution is 5.96. The molecule has 1 saturated heterocycles. The third kappa shape index (κ3) is 4.90. The maximum atomic E-state index is 13.7. The Morgan fingerprint density at radius 1 is 1.03 bits per heavy atom. The van der Waals surface area contributed by atoms with Gasteiger partial charge < -0.3 is 19.3 Å². The van der Waals surface area contributed by atoms with Crippen LogP contribution in [-0.2, 0) is 9.59 Å². The molecule has 0 aromatic heterocycles. The van der Waals surface area contributed by atoms with Crippen LogP contribution >= 0.6 is 0 Å². The fourth-order valence-electron chi connectivity index (χ4n) is 4.66. The highest BCUT2D eigenvalue weighted by Crippen LogP contribution is 2.36. The summed E-state index contributed by atoms with van der Waals surface area (Å²) in [6.07, 6.45) is 8.54. The Hall–Kier alpha value is -2.24. The zero-order valence-electron chi connectivity index (χ0n) is 18.7. The van der Waals surface area contributed by atoms with Crippen molar-refractivity contribution in [1.82, 2.24) is 9.80 Å². The predicted octanol–water partition coefficient (Wildman–Crippen LogP) is 4.33. The average molecular weight is 417 g/mol. The van der Waals surface area contributed by atoms with Crippen LogP contribution < -0.4 is 9.47 Å². The molecule has 0 radical (unpaired) electrons. The van der Waals surface area contributed by atoms with E-state index < -0.39 is 6.04 Å². The number of ether oxygens (including phenoxy) is 2. The molecule has 1 atom stereocenters. The molecule has 166 valence electrons. The Kier molecular flexibility index (Phi) is 8.00. The summed E-state index contributed by atoms with van der Waals surface area (Å²) >= 11 is 0. The van der Waals surface area contributed by atoms with Crippen LogP contribution in [0, 0.1) is 0 Å². The molecule has 2 amide bonds. The van der Waals surface area contributed by atoms with Crippen molar-refractivity contribution < 1.29 is 19.1 Å².